The molecule has 0 spiro atoms. The highest BCUT2D eigenvalue weighted by Gasteiger charge is 2.18. The summed E-state index contributed by atoms with van der Waals surface area (Å²) in [5.74, 6) is 0.699. The van der Waals surface area contributed by atoms with Gasteiger partial charge in [-0.15, -0.1) is 0 Å². The Balaban J connectivity index is 1.46. The van der Waals surface area contributed by atoms with Crippen LogP contribution in [0.2, 0.25) is 0 Å². The smallest absolute Gasteiger partial charge is 0.343 e. The number of methoxy groups -OCH3 is 3. The lowest BCUT2D eigenvalue weighted by molar-refractivity contribution is 0.0733. The monoisotopic (exact) mass is 494 g/mol. The van der Waals surface area contributed by atoms with Crippen LogP contribution in [0.3, 0.4) is 0 Å². The van der Waals surface area contributed by atoms with E-state index in [1.165, 1.54) is 39.5 Å². The average molecular weight is 495 g/mol. The molecule has 0 aliphatic heterocycles. The van der Waals surface area contributed by atoms with Gasteiger partial charge in [-0.1, -0.05) is 72.8 Å². The summed E-state index contributed by atoms with van der Waals surface area (Å²) in [4.78, 5) is 25.5. The second-order valence-corrected chi connectivity index (χ2v) is 8.02. The molecule has 0 aliphatic rings. The third kappa shape index (κ3) is 6.05. The maximum atomic E-state index is 12.8. The van der Waals surface area contributed by atoms with Gasteiger partial charge in [-0.3, -0.25) is 4.79 Å². The number of esters is 1. The van der Waals surface area contributed by atoms with Crippen molar-refractivity contribution in [1.29, 1.82) is 0 Å². The van der Waals surface area contributed by atoms with Crippen molar-refractivity contribution in [1.82, 2.24) is 0 Å². The molecule has 0 heterocycles. The number of carbonyl (C=O) groups excluding carboxylic acids is 2. The van der Waals surface area contributed by atoms with Crippen LogP contribution in [0.4, 0.5) is 0 Å². The molecule has 6 heteroatoms. The van der Waals surface area contributed by atoms with Gasteiger partial charge in [-0.05, 0) is 47.0 Å². The van der Waals surface area contributed by atoms with Crippen LogP contribution >= 0.6 is 0 Å². The van der Waals surface area contributed by atoms with Gasteiger partial charge in [0.2, 0.25) is 5.75 Å². The van der Waals surface area contributed by atoms with Gasteiger partial charge < -0.3 is 18.9 Å². The van der Waals surface area contributed by atoms with Crippen molar-refractivity contribution in [3.05, 3.63) is 114 Å². The van der Waals surface area contributed by atoms with Crippen molar-refractivity contribution in [2.75, 3.05) is 21.3 Å². The number of ether oxygens (including phenoxy) is 4. The SMILES string of the molecule is COc1cc(C(=O)Oc2cccc(/C=C/C(=O)c3ccc(-c4ccccc4)cc3)c2)cc(OC)c1OC. The lowest BCUT2D eigenvalue weighted by atomic mass is 10.0. The number of hydrogen-bond donors (Lipinski definition) is 0. The molecular weight excluding hydrogens is 468 g/mol. The summed E-state index contributed by atoms with van der Waals surface area (Å²) in [6.07, 6.45) is 3.18. The molecule has 0 amide bonds. The molecule has 6 nitrogen and oxygen atoms in total. The number of carbonyl (C=O) groups is 2. The Morgan fingerprint density at radius 3 is 1.92 bits per heavy atom. The Kier molecular flexibility index (Phi) is 8.01. The molecule has 0 fully saturated rings. The summed E-state index contributed by atoms with van der Waals surface area (Å²) in [7, 11) is 4.43. The molecule has 0 bridgehead atoms. The van der Waals surface area contributed by atoms with Crippen LogP contribution < -0.4 is 18.9 Å². The van der Waals surface area contributed by atoms with E-state index in [9.17, 15) is 9.59 Å². The highest BCUT2D eigenvalue weighted by Crippen LogP contribution is 2.38. The predicted molar refractivity (Wildman–Crippen MR) is 143 cm³/mol. The number of allylic oxidation sites excluding steroid dienone is 1. The maximum Gasteiger partial charge on any atom is 0.343 e. The molecule has 0 aromatic heterocycles. The molecule has 186 valence electrons. The van der Waals surface area contributed by atoms with Crippen molar-refractivity contribution in [3.63, 3.8) is 0 Å². The first-order valence-electron chi connectivity index (χ1n) is 11.5. The molecule has 0 radical (unpaired) electrons. The standard InChI is InChI=1S/C31H26O6/c1-34-28-19-25(20-29(35-2)30(28)36-3)31(33)37-26-11-7-8-21(18-26)12-17-27(32)24-15-13-23(14-16-24)22-9-5-4-6-10-22/h4-20H,1-3H3/b17-12+. The van der Waals surface area contributed by atoms with E-state index < -0.39 is 5.97 Å². The molecule has 0 saturated carbocycles. The van der Waals surface area contributed by atoms with E-state index in [1.54, 1.807) is 24.3 Å². The lowest BCUT2D eigenvalue weighted by Crippen LogP contribution is -2.09. The molecule has 4 aromatic rings. The van der Waals surface area contributed by atoms with Crippen molar-refractivity contribution in [2.24, 2.45) is 0 Å². The number of rotatable bonds is 9. The molecule has 37 heavy (non-hydrogen) atoms. The van der Waals surface area contributed by atoms with Gasteiger partial charge in [-0.25, -0.2) is 4.79 Å². The van der Waals surface area contributed by atoms with Gasteiger partial charge >= 0.3 is 5.97 Å². The first-order chi connectivity index (χ1) is 18.0. The van der Waals surface area contributed by atoms with E-state index in [-0.39, 0.29) is 11.3 Å². The van der Waals surface area contributed by atoms with E-state index in [2.05, 4.69) is 0 Å². The molecule has 4 aromatic carbocycles. The molecule has 0 unspecified atom stereocenters. The first kappa shape index (κ1) is 25.3. The number of ketones is 1. The number of hydrogen-bond acceptors (Lipinski definition) is 6. The topological polar surface area (TPSA) is 71.1 Å². The predicted octanol–water partition coefficient (Wildman–Crippen LogP) is 6.49. The Bertz CT molecular complexity index is 1400. The zero-order valence-electron chi connectivity index (χ0n) is 20.8. The summed E-state index contributed by atoms with van der Waals surface area (Å²) in [6, 6.07) is 27.4. The van der Waals surface area contributed by atoms with Gasteiger partial charge in [0.15, 0.2) is 17.3 Å². The van der Waals surface area contributed by atoms with Crippen LogP contribution in [-0.2, 0) is 0 Å². The van der Waals surface area contributed by atoms with Gasteiger partial charge in [0.1, 0.15) is 5.75 Å². The van der Waals surface area contributed by atoms with Gasteiger partial charge in [0.05, 0.1) is 26.9 Å². The summed E-state index contributed by atoms with van der Waals surface area (Å²) in [6.45, 7) is 0. The maximum absolute atomic E-state index is 12.8. The van der Waals surface area contributed by atoms with E-state index in [1.807, 2.05) is 60.7 Å². The molecule has 0 aliphatic carbocycles. The summed E-state index contributed by atoms with van der Waals surface area (Å²) < 4.78 is 21.5. The second kappa shape index (κ2) is 11.7. The fourth-order valence-corrected chi connectivity index (χ4v) is 3.77. The minimum absolute atomic E-state index is 0.126. The highest BCUT2D eigenvalue weighted by atomic mass is 16.5. The van der Waals surface area contributed by atoms with E-state index in [4.69, 9.17) is 18.9 Å². The second-order valence-electron chi connectivity index (χ2n) is 8.02. The van der Waals surface area contributed by atoms with Crippen molar-refractivity contribution < 1.29 is 28.5 Å². The van der Waals surface area contributed by atoms with Gasteiger partial charge in [0.25, 0.3) is 0 Å². The van der Waals surface area contributed by atoms with Crippen LogP contribution in [0.25, 0.3) is 17.2 Å². The van der Waals surface area contributed by atoms with Crippen molar-refractivity contribution >= 4 is 17.8 Å². The highest BCUT2D eigenvalue weighted by molar-refractivity contribution is 6.07. The zero-order chi connectivity index (χ0) is 26.2. The Labute approximate surface area is 215 Å². The van der Waals surface area contributed by atoms with Gasteiger partial charge in [0, 0.05) is 5.56 Å². The van der Waals surface area contributed by atoms with E-state index >= 15 is 0 Å². The van der Waals surface area contributed by atoms with Crippen molar-refractivity contribution in [2.45, 2.75) is 0 Å². The summed E-state index contributed by atoms with van der Waals surface area (Å²) >= 11 is 0. The molecule has 4 rings (SSSR count). The van der Waals surface area contributed by atoms with E-state index in [0.29, 0.717) is 34.1 Å². The normalized spacial score (nSPS) is 10.7. The number of benzene rings is 4. The first-order valence-corrected chi connectivity index (χ1v) is 11.5. The van der Waals surface area contributed by atoms with E-state index in [0.717, 1.165) is 11.1 Å². The molecular formula is C31H26O6. The van der Waals surface area contributed by atoms with Crippen LogP contribution in [0.1, 0.15) is 26.3 Å². The Hall–Kier alpha value is -4.84. The lowest BCUT2D eigenvalue weighted by Gasteiger charge is -2.13. The van der Waals surface area contributed by atoms with Crippen LogP contribution in [-0.4, -0.2) is 33.1 Å². The fraction of sp³-hybridized carbons (Fsp3) is 0.0968. The van der Waals surface area contributed by atoms with Crippen molar-refractivity contribution in [3.8, 4) is 34.1 Å². The quantitative estimate of drug-likeness (QED) is 0.115. The largest absolute Gasteiger partial charge is 0.493 e. The van der Waals surface area contributed by atoms with Crippen LogP contribution in [0.5, 0.6) is 23.0 Å². The minimum atomic E-state index is -0.588. The molecule has 0 N–H and O–H groups in total. The average Bonchev–Trinajstić information content (AvgIpc) is 2.95. The molecule has 0 atom stereocenters. The Morgan fingerprint density at radius 1 is 0.649 bits per heavy atom. The Morgan fingerprint density at radius 2 is 1.30 bits per heavy atom. The fourth-order valence-electron chi connectivity index (χ4n) is 3.77. The summed E-state index contributed by atoms with van der Waals surface area (Å²) in [5.41, 5.74) is 3.67. The van der Waals surface area contributed by atoms with Gasteiger partial charge in [-0.2, -0.15) is 0 Å². The molecule has 0 saturated heterocycles. The zero-order valence-corrected chi connectivity index (χ0v) is 20.8. The minimum Gasteiger partial charge on any atom is -0.493 e. The van der Waals surface area contributed by atoms with Crippen LogP contribution in [0, 0.1) is 0 Å². The third-order valence-electron chi connectivity index (χ3n) is 5.67. The summed E-state index contributed by atoms with van der Waals surface area (Å²) in [5, 5.41) is 0. The van der Waals surface area contributed by atoms with Crippen LogP contribution in [0.15, 0.2) is 97.1 Å². The third-order valence-corrected chi connectivity index (χ3v) is 5.67.